The number of hydrogen-bond donors (Lipinski definition) is 2. The van der Waals surface area contributed by atoms with E-state index in [1.807, 2.05) is 68.6 Å². The van der Waals surface area contributed by atoms with Gasteiger partial charge in [-0.15, -0.1) is 0 Å². The topological polar surface area (TPSA) is 41.3 Å². The molecule has 0 aliphatic heterocycles. The third-order valence-electron chi connectivity index (χ3n) is 6.47. The molecule has 0 radical (unpaired) electrons. The molecule has 3 nitrogen and oxygen atoms in total. The van der Waals surface area contributed by atoms with Crippen molar-refractivity contribution in [1.82, 2.24) is 5.32 Å². The second-order valence-corrected chi connectivity index (χ2v) is 8.46. The number of benzene rings is 2. The summed E-state index contributed by atoms with van der Waals surface area (Å²) in [6, 6.07) is 13.5. The Labute approximate surface area is 191 Å². The average Bonchev–Trinajstić information content (AvgIpc) is 3.59. The Balaban J connectivity index is 1.69. The van der Waals surface area contributed by atoms with Crippen molar-refractivity contribution in [1.29, 1.82) is 0 Å². The SMILES string of the molecule is C=C(N)/C(=C\C=C/C)CNC(=C)c1ccc(-c2ccc(N(C)C3(CC)CC3)c(F)c2)cc1. The first-order valence-electron chi connectivity index (χ1n) is 11.1. The molecule has 2 aromatic carbocycles. The van der Waals surface area contributed by atoms with Gasteiger partial charge in [0.1, 0.15) is 5.82 Å². The minimum Gasteiger partial charge on any atom is -0.399 e. The molecular weight excluding hydrogens is 397 g/mol. The lowest BCUT2D eigenvalue weighted by Gasteiger charge is -2.29. The van der Waals surface area contributed by atoms with Crippen LogP contribution in [-0.4, -0.2) is 19.1 Å². The molecule has 0 bridgehead atoms. The molecule has 32 heavy (non-hydrogen) atoms. The van der Waals surface area contributed by atoms with Crippen LogP contribution in [0.4, 0.5) is 10.1 Å². The molecule has 0 heterocycles. The first kappa shape index (κ1) is 23.4. The van der Waals surface area contributed by atoms with E-state index in [1.54, 1.807) is 6.07 Å². The molecule has 0 atom stereocenters. The van der Waals surface area contributed by atoms with Gasteiger partial charge >= 0.3 is 0 Å². The first-order valence-corrected chi connectivity index (χ1v) is 11.1. The standard InChI is InChI=1S/C28H34FN3/c1-6-8-9-25(20(3)30)19-31-21(4)22-10-12-23(13-11-22)24-14-15-27(26(29)18-24)32(5)28(7-2)16-17-28/h6,8-15,18,31H,3-4,7,16-17,19,30H2,1-2,5H3/b8-6-,25-9-. The van der Waals surface area contributed by atoms with Crippen molar-refractivity contribution < 1.29 is 4.39 Å². The molecule has 3 N–H and O–H groups in total. The van der Waals surface area contributed by atoms with Gasteiger partial charge in [0.2, 0.25) is 0 Å². The van der Waals surface area contributed by atoms with Crippen LogP contribution in [0.25, 0.3) is 16.8 Å². The highest BCUT2D eigenvalue weighted by molar-refractivity contribution is 5.71. The summed E-state index contributed by atoms with van der Waals surface area (Å²) >= 11 is 0. The summed E-state index contributed by atoms with van der Waals surface area (Å²) in [5.41, 5.74) is 11.7. The molecule has 0 aromatic heterocycles. The largest absolute Gasteiger partial charge is 0.399 e. The third-order valence-corrected chi connectivity index (χ3v) is 6.47. The lowest BCUT2D eigenvalue weighted by Crippen LogP contribution is -2.33. The Morgan fingerprint density at radius 3 is 2.34 bits per heavy atom. The van der Waals surface area contributed by atoms with Crippen molar-refractivity contribution >= 4 is 11.4 Å². The summed E-state index contributed by atoms with van der Waals surface area (Å²) in [5, 5.41) is 3.30. The molecule has 0 amide bonds. The van der Waals surface area contributed by atoms with Gasteiger partial charge in [-0.05, 0) is 60.6 Å². The summed E-state index contributed by atoms with van der Waals surface area (Å²) in [6.07, 6.45) is 9.11. The highest BCUT2D eigenvalue weighted by Gasteiger charge is 2.45. The van der Waals surface area contributed by atoms with Gasteiger partial charge in [-0.25, -0.2) is 4.39 Å². The predicted molar refractivity (Wildman–Crippen MR) is 136 cm³/mol. The Morgan fingerprint density at radius 2 is 1.81 bits per heavy atom. The van der Waals surface area contributed by atoms with Gasteiger partial charge in [0.25, 0.3) is 0 Å². The number of rotatable bonds is 10. The lowest BCUT2D eigenvalue weighted by molar-refractivity contribution is 0.572. The first-order chi connectivity index (χ1) is 15.3. The predicted octanol–water partition coefficient (Wildman–Crippen LogP) is 6.41. The van der Waals surface area contributed by atoms with Gasteiger partial charge in [0, 0.05) is 30.5 Å². The molecule has 0 unspecified atom stereocenters. The van der Waals surface area contributed by atoms with E-state index in [9.17, 15) is 4.39 Å². The van der Waals surface area contributed by atoms with Crippen LogP contribution in [0.15, 0.2) is 85.1 Å². The summed E-state index contributed by atoms with van der Waals surface area (Å²) in [5.74, 6) is -0.178. The molecule has 1 aliphatic carbocycles. The van der Waals surface area contributed by atoms with Crippen LogP contribution < -0.4 is 16.0 Å². The second kappa shape index (κ2) is 9.90. The van der Waals surface area contributed by atoms with Crippen molar-refractivity contribution in [2.75, 3.05) is 18.5 Å². The zero-order chi connectivity index (χ0) is 23.3. The number of anilines is 1. The number of allylic oxidation sites excluding steroid dienone is 3. The molecule has 0 saturated heterocycles. The third kappa shape index (κ3) is 5.13. The van der Waals surface area contributed by atoms with Crippen LogP contribution in [0.3, 0.4) is 0 Å². The van der Waals surface area contributed by atoms with Crippen LogP contribution in [0.2, 0.25) is 0 Å². The minimum absolute atomic E-state index is 0.134. The minimum atomic E-state index is -0.178. The molecule has 1 fully saturated rings. The molecular formula is C28H34FN3. The molecule has 168 valence electrons. The number of nitrogens with zero attached hydrogens (tertiary/aromatic N) is 1. The highest BCUT2D eigenvalue weighted by atomic mass is 19.1. The van der Waals surface area contributed by atoms with E-state index in [2.05, 4.69) is 30.3 Å². The normalized spacial score (nSPS) is 14.9. The Kier molecular flexibility index (Phi) is 7.24. The van der Waals surface area contributed by atoms with Crippen LogP contribution in [-0.2, 0) is 0 Å². The molecule has 1 saturated carbocycles. The van der Waals surface area contributed by atoms with Gasteiger partial charge in [0.15, 0.2) is 0 Å². The highest BCUT2D eigenvalue weighted by Crippen LogP contribution is 2.46. The van der Waals surface area contributed by atoms with Gasteiger partial charge < -0.3 is 16.0 Å². The number of nitrogens with one attached hydrogen (secondary N) is 1. The number of halogens is 1. The van der Waals surface area contributed by atoms with Crippen LogP contribution in [0.5, 0.6) is 0 Å². The van der Waals surface area contributed by atoms with Crippen LogP contribution in [0, 0.1) is 5.82 Å². The lowest BCUT2D eigenvalue weighted by atomic mass is 10.0. The second-order valence-electron chi connectivity index (χ2n) is 8.46. The van der Waals surface area contributed by atoms with E-state index in [4.69, 9.17) is 5.73 Å². The van der Waals surface area contributed by atoms with E-state index in [0.29, 0.717) is 17.9 Å². The van der Waals surface area contributed by atoms with Crippen molar-refractivity contribution in [3.8, 4) is 11.1 Å². The quantitative estimate of drug-likeness (QED) is 0.427. The maximum absolute atomic E-state index is 14.9. The van der Waals surface area contributed by atoms with Gasteiger partial charge in [0.05, 0.1) is 5.69 Å². The van der Waals surface area contributed by atoms with Crippen LogP contribution in [0.1, 0.15) is 38.7 Å². The maximum atomic E-state index is 14.9. The van der Waals surface area contributed by atoms with E-state index in [-0.39, 0.29) is 11.4 Å². The van der Waals surface area contributed by atoms with Crippen molar-refractivity contribution in [2.24, 2.45) is 5.73 Å². The molecule has 3 rings (SSSR count). The summed E-state index contributed by atoms with van der Waals surface area (Å²) in [7, 11) is 2.00. The Hall–Kier alpha value is -3.27. The van der Waals surface area contributed by atoms with Gasteiger partial charge in [-0.1, -0.05) is 68.6 Å². The Morgan fingerprint density at radius 1 is 1.16 bits per heavy atom. The summed E-state index contributed by atoms with van der Waals surface area (Å²) in [4.78, 5) is 2.11. The van der Waals surface area contributed by atoms with E-state index in [0.717, 1.165) is 47.2 Å². The summed E-state index contributed by atoms with van der Waals surface area (Å²) < 4.78 is 14.9. The maximum Gasteiger partial charge on any atom is 0.147 e. The van der Waals surface area contributed by atoms with E-state index >= 15 is 0 Å². The average molecular weight is 432 g/mol. The van der Waals surface area contributed by atoms with E-state index in [1.165, 1.54) is 0 Å². The zero-order valence-corrected chi connectivity index (χ0v) is 19.4. The molecule has 2 aromatic rings. The molecule has 1 aliphatic rings. The summed E-state index contributed by atoms with van der Waals surface area (Å²) in [6.45, 7) is 12.6. The number of hydrogen-bond acceptors (Lipinski definition) is 3. The fraction of sp³-hybridized carbons (Fsp3) is 0.286. The zero-order valence-electron chi connectivity index (χ0n) is 19.4. The fourth-order valence-corrected chi connectivity index (χ4v) is 3.94. The van der Waals surface area contributed by atoms with Crippen molar-refractivity contribution in [2.45, 2.75) is 38.6 Å². The van der Waals surface area contributed by atoms with Gasteiger partial charge in [-0.3, -0.25) is 0 Å². The molecule has 0 spiro atoms. The smallest absolute Gasteiger partial charge is 0.147 e. The van der Waals surface area contributed by atoms with Crippen molar-refractivity contribution in [3.63, 3.8) is 0 Å². The molecule has 4 heteroatoms. The van der Waals surface area contributed by atoms with E-state index < -0.39 is 0 Å². The Bertz CT molecular complexity index is 1040. The monoisotopic (exact) mass is 431 g/mol. The van der Waals surface area contributed by atoms with Gasteiger partial charge in [-0.2, -0.15) is 0 Å². The van der Waals surface area contributed by atoms with Crippen LogP contribution >= 0.6 is 0 Å². The number of nitrogens with two attached hydrogens (primary N) is 1. The fourth-order valence-electron chi connectivity index (χ4n) is 3.94. The van der Waals surface area contributed by atoms with Crippen molar-refractivity contribution in [3.05, 3.63) is 96.5 Å².